The summed E-state index contributed by atoms with van der Waals surface area (Å²) < 4.78 is 0. The molecule has 1 amide bonds. The van der Waals surface area contributed by atoms with Crippen molar-refractivity contribution >= 4 is 5.91 Å². The van der Waals surface area contributed by atoms with Crippen LogP contribution in [0.3, 0.4) is 0 Å². The van der Waals surface area contributed by atoms with Crippen molar-refractivity contribution < 1.29 is 4.79 Å². The van der Waals surface area contributed by atoms with Gasteiger partial charge in [0.1, 0.15) is 5.54 Å². The standard InChI is InChI=1S/C20H27N3O/c1-15(19(24)23-20(14-21)12-5-2-6-13-20)22-18-11-7-9-16-8-3-4-10-17(16)18/h3-4,8,10,15,18,22H,2,5-7,9,11-13H2,1H3,(H,23,24)/t15-,18+/m1/s1. The Morgan fingerprint density at radius 1 is 1.25 bits per heavy atom. The van der Waals surface area contributed by atoms with Crippen molar-refractivity contribution in [1.82, 2.24) is 10.6 Å². The normalized spacial score (nSPS) is 23.6. The van der Waals surface area contributed by atoms with E-state index in [1.165, 1.54) is 11.1 Å². The molecule has 1 aromatic carbocycles. The van der Waals surface area contributed by atoms with Crippen LogP contribution in [-0.4, -0.2) is 17.5 Å². The van der Waals surface area contributed by atoms with Crippen LogP contribution in [0.2, 0.25) is 0 Å². The molecule has 1 fully saturated rings. The Bertz CT molecular complexity index is 628. The summed E-state index contributed by atoms with van der Waals surface area (Å²) >= 11 is 0. The number of amides is 1. The number of benzene rings is 1. The van der Waals surface area contributed by atoms with Gasteiger partial charge in [0, 0.05) is 6.04 Å². The fraction of sp³-hybridized carbons (Fsp3) is 0.600. The topological polar surface area (TPSA) is 64.9 Å². The zero-order chi connectivity index (χ0) is 17.0. The molecule has 0 spiro atoms. The van der Waals surface area contributed by atoms with Gasteiger partial charge in [0.15, 0.2) is 0 Å². The van der Waals surface area contributed by atoms with Gasteiger partial charge < -0.3 is 5.32 Å². The molecule has 1 saturated carbocycles. The lowest BCUT2D eigenvalue weighted by molar-refractivity contribution is -0.124. The first kappa shape index (κ1) is 17.0. The first-order valence-electron chi connectivity index (χ1n) is 9.21. The summed E-state index contributed by atoms with van der Waals surface area (Å²) in [5.41, 5.74) is 2.04. The Kier molecular flexibility index (Phi) is 5.20. The molecule has 2 aliphatic carbocycles. The van der Waals surface area contributed by atoms with Crippen LogP contribution in [0.15, 0.2) is 24.3 Å². The van der Waals surface area contributed by atoms with E-state index >= 15 is 0 Å². The van der Waals surface area contributed by atoms with Gasteiger partial charge >= 0.3 is 0 Å². The Balaban J connectivity index is 1.64. The molecule has 2 atom stereocenters. The molecule has 1 aromatic rings. The van der Waals surface area contributed by atoms with E-state index in [4.69, 9.17) is 0 Å². The van der Waals surface area contributed by atoms with Gasteiger partial charge in [-0.15, -0.1) is 0 Å². The van der Waals surface area contributed by atoms with Crippen LogP contribution in [0.1, 0.15) is 69.0 Å². The van der Waals surface area contributed by atoms with E-state index in [1.54, 1.807) is 0 Å². The third-order valence-corrected chi connectivity index (χ3v) is 5.50. The summed E-state index contributed by atoms with van der Waals surface area (Å²) in [7, 11) is 0. The second-order valence-corrected chi connectivity index (χ2v) is 7.28. The SMILES string of the molecule is C[C@@H](N[C@H]1CCCc2ccccc21)C(=O)NC1(C#N)CCCCC1. The highest BCUT2D eigenvalue weighted by atomic mass is 16.2. The average molecular weight is 325 g/mol. The van der Waals surface area contributed by atoms with Gasteiger partial charge in [0.2, 0.25) is 5.91 Å². The van der Waals surface area contributed by atoms with Gasteiger partial charge in [-0.1, -0.05) is 43.5 Å². The van der Waals surface area contributed by atoms with Gasteiger partial charge in [-0.3, -0.25) is 10.1 Å². The lowest BCUT2D eigenvalue weighted by Gasteiger charge is -2.34. The van der Waals surface area contributed by atoms with Crippen LogP contribution in [0.5, 0.6) is 0 Å². The highest BCUT2D eigenvalue weighted by Crippen LogP contribution is 2.30. The van der Waals surface area contributed by atoms with Crippen LogP contribution >= 0.6 is 0 Å². The summed E-state index contributed by atoms with van der Waals surface area (Å²) in [4.78, 5) is 12.6. The summed E-state index contributed by atoms with van der Waals surface area (Å²) in [6.45, 7) is 1.90. The minimum atomic E-state index is -0.657. The third kappa shape index (κ3) is 3.62. The molecule has 0 heterocycles. The van der Waals surface area contributed by atoms with Gasteiger partial charge in [0.25, 0.3) is 0 Å². The smallest absolute Gasteiger partial charge is 0.238 e. The zero-order valence-corrected chi connectivity index (χ0v) is 14.5. The number of rotatable bonds is 4. The van der Waals surface area contributed by atoms with Crippen molar-refractivity contribution in [3.8, 4) is 6.07 Å². The second-order valence-electron chi connectivity index (χ2n) is 7.28. The molecule has 24 heavy (non-hydrogen) atoms. The fourth-order valence-electron chi connectivity index (χ4n) is 4.07. The van der Waals surface area contributed by atoms with Crippen LogP contribution < -0.4 is 10.6 Å². The summed E-state index contributed by atoms with van der Waals surface area (Å²) in [5, 5.41) is 16.1. The minimum Gasteiger partial charge on any atom is -0.336 e. The Morgan fingerprint density at radius 3 is 2.75 bits per heavy atom. The van der Waals surface area contributed by atoms with Crippen molar-refractivity contribution in [1.29, 1.82) is 5.26 Å². The van der Waals surface area contributed by atoms with Gasteiger partial charge in [-0.05, 0) is 50.2 Å². The first-order valence-corrected chi connectivity index (χ1v) is 9.21. The maximum absolute atomic E-state index is 12.6. The molecule has 0 saturated heterocycles. The van der Waals surface area contributed by atoms with E-state index in [1.807, 2.05) is 6.92 Å². The highest BCUT2D eigenvalue weighted by Gasteiger charge is 2.35. The number of nitrogens with one attached hydrogen (secondary N) is 2. The Labute approximate surface area is 144 Å². The molecule has 0 bridgehead atoms. The van der Waals surface area contributed by atoms with E-state index in [2.05, 4.69) is 41.0 Å². The molecule has 0 unspecified atom stereocenters. The van der Waals surface area contributed by atoms with Crippen LogP contribution in [0, 0.1) is 11.3 Å². The summed E-state index contributed by atoms with van der Waals surface area (Å²) in [5.74, 6) is -0.0542. The van der Waals surface area contributed by atoms with Gasteiger partial charge in [0.05, 0.1) is 12.1 Å². The molecule has 4 nitrogen and oxygen atoms in total. The molecular weight excluding hydrogens is 298 g/mol. The second kappa shape index (κ2) is 7.36. The van der Waals surface area contributed by atoms with Gasteiger partial charge in [-0.2, -0.15) is 5.26 Å². The molecule has 0 aliphatic heterocycles. The number of aryl methyl sites for hydroxylation is 1. The summed E-state index contributed by atoms with van der Waals surface area (Å²) in [6.07, 6.45) is 8.06. The fourth-order valence-corrected chi connectivity index (χ4v) is 4.07. The molecule has 3 rings (SSSR count). The van der Waals surface area contributed by atoms with E-state index in [9.17, 15) is 10.1 Å². The molecule has 128 valence electrons. The van der Waals surface area contributed by atoms with Gasteiger partial charge in [-0.25, -0.2) is 0 Å². The highest BCUT2D eigenvalue weighted by molar-refractivity contribution is 5.82. The number of nitrogens with zero attached hydrogens (tertiary/aromatic N) is 1. The van der Waals surface area contributed by atoms with E-state index < -0.39 is 5.54 Å². The monoisotopic (exact) mass is 325 g/mol. The molecule has 0 radical (unpaired) electrons. The number of carbonyl (C=O) groups excluding carboxylic acids is 1. The Morgan fingerprint density at radius 2 is 2.00 bits per heavy atom. The van der Waals surface area contributed by atoms with Crippen LogP contribution in [-0.2, 0) is 11.2 Å². The van der Waals surface area contributed by atoms with Crippen molar-refractivity contribution in [2.45, 2.75) is 75.9 Å². The average Bonchev–Trinajstić information content (AvgIpc) is 2.62. The third-order valence-electron chi connectivity index (χ3n) is 5.50. The predicted molar refractivity (Wildman–Crippen MR) is 94.3 cm³/mol. The zero-order valence-electron chi connectivity index (χ0n) is 14.5. The Hall–Kier alpha value is -1.86. The van der Waals surface area contributed by atoms with E-state index in [-0.39, 0.29) is 18.0 Å². The lowest BCUT2D eigenvalue weighted by atomic mass is 9.82. The largest absolute Gasteiger partial charge is 0.336 e. The minimum absolute atomic E-state index is 0.0542. The molecule has 2 aliphatic rings. The van der Waals surface area contributed by atoms with Crippen molar-refractivity contribution in [2.24, 2.45) is 0 Å². The number of hydrogen-bond acceptors (Lipinski definition) is 3. The number of nitriles is 1. The molecule has 2 N–H and O–H groups in total. The lowest BCUT2D eigenvalue weighted by Crippen LogP contribution is -2.54. The van der Waals surface area contributed by atoms with E-state index in [0.29, 0.717) is 0 Å². The molecule has 4 heteroatoms. The molecule has 0 aromatic heterocycles. The van der Waals surface area contributed by atoms with E-state index in [0.717, 1.165) is 51.4 Å². The maximum Gasteiger partial charge on any atom is 0.238 e. The van der Waals surface area contributed by atoms with Crippen LogP contribution in [0.4, 0.5) is 0 Å². The van der Waals surface area contributed by atoms with Crippen molar-refractivity contribution in [3.05, 3.63) is 35.4 Å². The van der Waals surface area contributed by atoms with Crippen LogP contribution in [0.25, 0.3) is 0 Å². The van der Waals surface area contributed by atoms with Crippen molar-refractivity contribution in [2.75, 3.05) is 0 Å². The molecular formula is C20H27N3O. The number of fused-ring (bicyclic) bond motifs is 1. The van der Waals surface area contributed by atoms with Crippen molar-refractivity contribution in [3.63, 3.8) is 0 Å². The quantitative estimate of drug-likeness (QED) is 0.892. The maximum atomic E-state index is 12.6. The summed E-state index contributed by atoms with van der Waals surface area (Å²) in [6, 6.07) is 10.8. The number of carbonyl (C=O) groups is 1. The first-order chi connectivity index (χ1) is 11.6. The number of hydrogen-bond donors (Lipinski definition) is 2. The predicted octanol–water partition coefficient (Wildman–Crippen LogP) is 3.38.